The minimum atomic E-state index is -0.454. The highest BCUT2D eigenvalue weighted by Gasteiger charge is 2.19. The number of nitrogens with zero attached hydrogens (tertiary/aromatic N) is 1. The van der Waals surface area contributed by atoms with Gasteiger partial charge in [-0.3, -0.25) is 14.9 Å². The lowest BCUT2D eigenvalue weighted by Gasteiger charge is -2.20. The first-order valence-corrected chi connectivity index (χ1v) is 8.01. The zero-order valence-corrected chi connectivity index (χ0v) is 14.2. The summed E-state index contributed by atoms with van der Waals surface area (Å²) in [4.78, 5) is 23.0. The third-order valence-electron chi connectivity index (χ3n) is 4.08. The summed E-state index contributed by atoms with van der Waals surface area (Å²) in [6.07, 6.45) is 0.755. The van der Waals surface area contributed by atoms with Gasteiger partial charge in [-0.15, -0.1) is 0 Å². The van der Waals surface area contributed by atoms with Crippen molar-refractivity contribution < 1.29 is 9.72 Å². The zero-order valence-electron chi connectivity index (χ0n) is 14.2. The van der Waals surface area contributed by atoms with Crippen LogP contribution in [0.15, 0.2) is 42.5 Å². The fraction of sp³-hybridized carbons (Fsp3) is 0.316. The minimum Gasteiger partial charge on any atom is -0.349 e. The van der Waals surface area contributed by atoms with E-state index in [0.29, 0.717) is 5.56 Å². The van der Waals surface area contributed by atoms with E-state index in [-0.39, 0.29) is 24.1 Å². The van der Waals surface area contributed by atoms with Gasteiger partial charge < -0.3 is 5.32 Å². The van der Waals surface area contributed by atoms with Crippen molar-refractivity contribution in [2.24, 2.45) is 0 Å². The Labute approximate surface area is 141 Å². The number of carbonyl (C=O) groups is 1. The number of rotatable bonds is 6. The molecule has 0 radical (unpaired) electrons. The minimum absolute atomic E-state index is 0.00143. The average molecular weight is 326 g/mol. The number of nitro benzene ring substituents is 1. The highest BCUT2D eigenvalue weighted by molar-refractivity contribution is 5.80. The van der Waals surface area contributed by atoms with Crippen LogP contribution in [0.5, 0.6) is 0 Å². The molecule has 0 aromatic heterocycles. The number of carbonyl (C=O) groups excluding carboxylic acids is 1. The Morgan fingerprint density at radius 3 is 2.54 bits per heavy atom. The first-order valence-electron chi connectivity index (χ1n) is 8.01. The highest BCUT2D eigenvalue weighted by atomic mass is 16.6. The molecular formula is C19H22N2O3. The molecule has 0 saturated heterocycles. The summed E-state index contributed by atoms with van der Waals surface area (Å²) in [5.74, 6) is -0.212. The molecule has 0 fully saturated rings. The van der Waals surface area contributed by atoms with Gasteiger partial charge in [0.1, 0.15) is 0 Å². The van der Waals surface area contributed by atoms with Crippen LogP contribution in [0.2, 0.25) is 0 Å². The summed E-state index contributed by atoms with van der Waals surface area (Å²) in [7, 11) is 0. The number of hydrogen-bond acceptors (Lipinski definition) is 3. The van der Waals surface area contributed by atoms with Crippen LogP contribution in [0, 0.1) is 24.0 Å². The van der Waals surface area contributed by atoms with Crippen molar-refractivity contribution in [3.05, 3.63) is 74.8 Å². The summed E-state index contributed by atoms with van der Waals surface area (Å²) in [5.41, 5.74) is 3.80. The van der Waals surface area contributed by atoms with Crippen LogP contribution in [-0.2, 0) is 11.2 Å². The number of amides is 1. The van der Waals surface area contributed by atoms with Gasteiger partial charge in [-0.05, 0) is 31.4 Å². The quantitative estimate of drug-likeness (QED) is 0.643. The molecule has 2 aromatic carbocycles. The first kappa shape index (κ1) is 17.7. The number of nitro groups is 1. The molecular weight excluding hydrogens is 304 g/mol. The SMILES string of the molecule is CCC(NC(=O)Cc1ccccc1[N+](=O)[O-])c1ccc(C)cc1C. The van der Waals surface area contributed by atoms with Gasteiger partial charge in [-0.25, -0.2) is 0 Å². The smallest absolute Gasteiger partial charge is 0.273 e. The summed E-state index contributed by atoms with van der Waals surface area (Å²) >= 11 is 0. The summed E-state index contributed by atoms with van der Waals surface area (Å²) in [5, 5.41) is 14.0. The fourth-order valence-corrected chi connectivity index (χ4v) is 2.87. The molecule has 0 heterocycles. The summed E-state index contributed by atoms with van der Waals surface area (Å²) < 4.78 is 0. The van der Waals surface area contributed by atoms with E-state index >= 15 is 0 Å². The summed E-state index contributed by atoms with van der Waals surface area (Å²) in [6, 6.07) is 12.4. The molecule has 0 aliphatic carbocycles. The van der Waals surface area contributed by atoms with E-state index in [2.05, 4.69) is 11.4 Å². The molecule has 1 amide bonds. The van der Waals surface area contributed by atoms with E-state index in [4.69, 9.17) is 0 Å². The Kier molecular flexibility index (Phi) is 5.68. The number of hydrogen-bond donors (Lipinski definition) is 1. The maximum Gasteiger partial charge on any atom is 0.273 e. The number of benzene rings is 2. The van der Waals surface area contributed by atoms with E-state index in [1.165, 1.54) is 11.6 Å². The van der Waals surface area contributed by atoms with E-state index in [9.17, 15) is 14.9 Å². The maximum atomic E-state index is 12.4. The van der Waals surface area contributed by atoms with Gasteiger partial charge in [0.25, 0.3) is 5.69 Å². The second kappa shape index (κ2) is 7.73. The van der Waals surface area contributed by atoms with Gasteiger partial charge in [0.15, 0.2) is 0 Å². The molecule has 1 N–H and O–H groups in total. The van der Waals surface area contributed by atoms with Crippen molar-refractivity contribution in [1.29, 1.82) is 0 Å². The third-order valence-corrected chi connectivity index (χ3v) is 4.08. The predicted molar refractivity (Wildman–Crippen MR) is 93.9 cm³/mol. The number of para-hydroxylation sites is 1. The number of nitrogens with one attached hydrogen (secondary N) is 1. The van der Waals surface area contributed by atoms with Crippen LogP contribution in [0.4, 0.5) is 5.69 Å². The topological polar surface area (TPSA) is 72.2 Å². The Hall–Kier alpha value is -2.69. The lowest BCUT2D eigenvalue weighted by molar-refractivity contribution is -0.385. The monoisotopic (exact) mass is 326 g/mol. The molecule has 1 atom stereocenters. The van der Waals surface area contributed by atoms with E-state index in [1.54, 1.807) is 18.2 Å². The highest BCUT2D eigenvalue weighted by Crippen LogP contribution is 2.23. The second-order valence-electron chi connectivity index (χ2n) is 5.95. The van der Waals surface area contributed by atoms with E-state index < -0.39 is 4.92 Å². The molecule has 5 nitrogen and oxygen atoms in total. The van der Waals surface area contributed by atoms with Crippen LogP contribution >= 0.6 is 0 Å². The Morgan fingerprint density at radius 1 is 1.21 bits per heavy atom. The van der Waals surface area contributed by atoms with Gasteiger partial charge in [0, 0.05) is 11.6 Å². The van der Waals surface area contributed by atoms with Crippen LogP contribution in [0.3, 0.4) is 0 Å². The standard InChI is InChI=1S/C19H22N2O3/c1-4-17(16-10-9-13(2)11-14(16)3)20-19(22)12-15-7-5-6-8-18(15)21(23)24/h5-11,17H,4,12H2,1-3H3,(H,20,22). The average Bonchev–Trinajstić information content (AvgIpc) is 2.53. The van der Waals surface area contributed by atoms with Gasteiger partial charge in [-0.2, -0.15) is 0 Å². The second-order valence-corrected chi connectivity index (χ2v) is 5.95. The molecule has 24 heavy (non-hydrogen) atoms. The lowest BCUT2D eigenvalue weighted by atomic mass is 9.97. The van der Waals surface area contributed by atoms with Gasteiger partial charge >= 0.3 is 0 Å². The van der Waals surface area contributed by atoms with Crippen molar-refractivity contribution in [3.63, 3.8) is 0 Å². The fourth-order valence-electron chi connectivity index (χ4n) is 2.87. The predicted octanol–water partition coefficient (Wildman–Crippen LogP) is 4.02. The molecule has 0 bridgehead atoms. The van der Waals surface area contributed by atoms with Crippen molar-refractivity contribution in [2.45, 2.75) is 39.7 Å². The van der Waals surface area contributed by atoms with Crippen LogP contribution in [-0.4, -0.2) is 10.8 Å². The maximum absolute atomic E-state index is 12.4. The summed E-state index contributed by atoms with van der Waals surface area (Å²) in [6.45, 7) is 6.07. The van der Waals surface area contributed by atoms with Crippen molar-refractivity contribution in [2.75, 3.05) is 0 Å². The Bertz CT molecular complexity index is 756. The third kappa shape index (κ3) is 4.19. The molecule has 5 heteroatoms. The van der Waals surface area contributed by atoms with Gasteiger partial charge in [0.2, 0.25) is 5.91 Å². The number of aryl methyl sites for hydroxylation is 2. The molecule has 126 valence electrons. The molecule has 0 spiro atoms. The van der Waals surface area contributed by atoms with Crippen molar-refractivity contribution in [3.8, 4) is 0 Å². The Balaban J connectivity index is 2.14. The normalized spacial score (nSPS) is 11.8. The van der Waals surface area contributed by atoms with Crippen molar-refractivity contribution >= 4 is 11.6 Å². The molecule has 0 aliphatic heterocycles. The first-order chi connectivity index (χ1) is 11.4. The Morgan fingerprint density at radius 2 is 1.92 bits per heavy atom. The zero-order chi connectivity index (χ0) is 17.7. The largest absolute Gasteiger partial charge is 0.349 e. The molecule has 1 unspecified atom stereocenters. The lowest BCUT2D eigenvalue weighted by Crippen LogP contribution is -2.30. The van der Waals surface area contributed by atoms with Crippen molar-refractivity contribution in [1.82, 2.24) is 5.32 Å². The molecule has 0 aliphatic rings. The molecule has 2 rings (SSSR count). The van der Waals surface area contributed by atoms with Crippen LogP contribution in [0.25, 0.3) is 0 Å². The van der Waals surface area contributed by atoms with E-state index in [0.717, 1.165) is 17.5 Å². The van der Waals surface area contributed by atoms with Crippen LogP contribution < -0.4 is 5.32 Å². The van der Waals surface area contributed by atoms with E-state index in [1.807, 2.05) is 32.9 Å². The van der Waals surface area contributed by atoms with Gasteiger partial charge in [-0.1, -0.05) is 48.9 Å². The molecule has 0 saturated carbocycles. The van der Waals surface area contributed by atoms with Gasteiger partial charge in [0.05, 0.1) is 17.4 Å². The molecule has 2 aromatic rings. The van der Waals surface area contributed by atoms with Crippen LogP contribution in [0.1, 0.15) is 41.6 Å².